The zero-order valence-corrected chi connectivity index (χ0v) is 7.93. The van der Waals surface area contributed by atoms with E-state index in [1.807, 2.05) is 0 Å². The number of hydrogen-bond acceptors (Lipinski definition) is 1. The quantitative estimate of drug-likeness (QED) is 0.481. The van der Waals surface area contributed by atoms with Crippen LogP contribution in [0, 0.1) is 5.92 Å². The van der Waals surface area contributed by atoms with E-state index in [2.05, 4.69) is 25.8 Å². The second-order valence-corrected chi connectivity index (χ2v) is 3.33. The standard InChI is InChI=1S/C9H20N2/c1-4-5-6-9(10)11-7-8(2)3/h8H,4-7H2,1-3H3,(H2,10,11). The minimum Gasteiger partial charge on any atom is -0.387 e. The van der Waals surface area contributed by atoms with Crippen LogP contribution in [0.5, 0.6) is 0 Å². The van der Waals surface area contributed by atoms with Crippen LogP contribution in [0.25, 0.3) is 0 Å². The van der Waals surface area contributed by atoms with Gasteiger partial charge in [0.2, 0.25) is 0 Å². The van der Waals surface area contributed by atoms with Crippen molar-refractivity contribution in [1.82, 2.24) is 0 Å². The summed E-state index contributed by atoms with van der Waals surface area (Å²) < 4.78 is 0. The van der Waals surface area contributed by atoms with Crippen molar-refractivity contribution in [3.63, 3.8) is 0 Å². The van der Waals surface area contributed by atoms with Gasteiger partial charge in [0.15, 0.2) is 0 Å². The highest BCUT2D eigenvalue weighted by Gasteiger charge is 1.93. The second-order valence-electron chi connectivity index (χ2n) is 3.33. The van der Waals surface area contributed by atoms with E-state index in [0.29, 0.717) is 5.92 Å². The van der Waals surface area contributed by atoms with Crippen molar-refractivity contribution in [2.75, 3.05) is 6.54 Å². The maximum Gasteiger partial charge on any atom is 0.0937 e. The summed E-state index contributed by atoms with van der Waals surface area (Å²) in [5.74, 6) is 1.44. The third kappa shape index (κ3) is 7.37. The summed E-state index contributed by atoms with van der Waals surface area (Å²) in [6.07, 6.45) is 3.31. The van der Waals surface area contributed by atoms with Crippen LogP contribution in [0.3, 0.4) is 0 Å². The molecule has 0 aromatic rings. The number of amidine groups is 1. The first kappa shape index (κ1) is 10.5. The average Bonchev–Trinajstić information content (AvgIpc) is 1.97. The molecule has 0 atom stereocenters. The third-order valence-corrected chi connectivity index (χ3v) is 1.45. The summed E-state index contributed by atoms with van der Waals surface area (Å²) >= 11 is 0. The van der Waals surface area contributed by atoms with Gasteiger partial charge in [-0.1, -0.05) is 27.2 Å². The summed E-state index contributed by atoms with van der Waals surface area (Å²) in [6.45, 7) is 7.33. The molecule has 0 aromatic heterocycles. The highest BCUT2D eigenvalue weighted by molar-refractivity contribution is 5.80. The number of rotatable bonds is 5. The van der Waals surface area contributed by atoms with Crippen LogP contribution in [-0.2, 0) is 0 Å². The average molecular weight is 156 g/mol. The van der Waals surface area contributed by atoms with Crippen molar-refractivity contribution in [2.24, 2.45) is 16.6 Å². The molecule has 0 saturated heterocycles. The molecule has 0 amide bonds. The SMILES string of the molecule is CCCCC(N)=NCC(C)C. The maximum atomic E-state index is 5.66. The third-order valence-electron chi connectivity index (χ3n) is 1.45. The van der Waals surface area contributed by atoms with E-state index >= 15 is 0 Å². The van der Waals surface area contributed by atoms with Crippen molar-refractivity contribution < 1.29 is 0 Å². The van der Waals surface area contributed by atoms with E-state index in [1.165, 1.54) is 6.42 Å². The minimum atomic E-state index is 0.621. The van der Waals surface area contributed by atoms with Crippen molar-refractivity contribution in [2.45, 2.75) is 40.0 Å². The van der Waals surface area contributed by atoms with E-state index in [1.54, 1.807) is 0 Å². The van der Waals surface area contributed by atoms with Gasteiger partial charge in [0.25, 0.3) is 0 Å². The van der Waals surface area contributed by atoms with Gasteiger partial charge in [0.05, 0.1) is 5.84 Å². The highest BCUT2D eigenvalue weighted by Crippen LogP contribution is 1.96. The molecule has 0 unspecified atom stereocenters. The lowest BCUT2D eigenvalue weighted by atomic mass is 10.2. The maximum absolute atomic E-state index is 5.66. The molecule has 0 aliphatic heterocycles. The van der Waals surface area contributed by atoms with Crippen LogP contribution in [0.2, 0.25) is 0 Å². The minimum absolute atomic E-state index is 0.621. The molecule has 0 rings (SSSR count). The lowest BCUT2D eigenvalue weighted by Gasteiger charge is -2.01. The van der Waals surface area contributed by atoms with Crippen LogP contribution >= 0.6 is 0 Å². The number of unbranched alkanes of at least 4 members (excludes halogenated alkanes) is 1. The fourth-order valence-corrected chi connectivity index (χ4v) is 0.737. The smallest absolute Gasteiger partial charge is 0.0937 e. The molecular weight excluding hydrogens is 136 g/mol. The Balaban J connectivity index is 3.46. The summed E-state index contributed by atoms with van der Waals surface area (Å²) in [6, 6.07) is 0. The summed E-state index contributed by atoms with van der Waals surface area (Å²) in [5.41, 5.74) is 5.66. The van der Waals surface area contributed by atoms with Gasteiger partial charge in [0.1, 0.15) is 0 Å². The monoisotopic (exact) mass is 156 g/mol. The second kappa shape index (κ2) is 6.20. The molecule has 0 bridgehead atoms. The number of aliphatic imine (C=N–C) groups is 1. The van der Waals surface area contributed by atoms with Gasteiger partial charge in [-0.2, -0.15) is 0 Å². The molecule has 0 saturated carbocycles. The molecule has 0 radical (unpaired) electrons. The van der Waals surface area contributed by atoms with Crippen molar-refractivity contribution >= 4 is 5.84 Å². The van der Waals surface area contributed by atoms with Gasteiger partial charge in [-0.15, -0.1) is 0 Å². The molecule has 0 aromatic carbocycles. The normalized spacial score (nSPS) is 12.5. The van der Waals surface area contributed by atoms with Gasteiger partial charge >= 0.3 is 0 Å². The Hall–Kier alpha value is -0.530. The fraction of sp³-hybridized carbons (Fsp3) is 0.889. The van der Waals surface area contributed by atoms with Crippen molar-refractivity contribution in [1.29, 1.82) is 0 Å². The number of nitrogens with two attached hydrogens (primary N) is 1. The van der Waals surface area contributed by atoms with Crippen LogP contribution in [0.15, 0.2) is 4.99 Å². The Kier molecular flexibility index (Phi) is 5.90. The van der Waals surface area contributed by atoms with E-state index in [-0.39, 0.29) is 0 Å². The Morgan fingerprint density at radius 2 is 2.09 bits per heavy atom. The molecule has 11 heavy (non-hydrogen) atoms. The summed E-state index contributed by atoms with van der Waals surface area (Å²) in [7, 11) is 0. The molecular formula is C9H20N2. The Morgan fingerprint density at radius 3 is 2.55 bits per heavy atom. The first-order valence-corrected chi connectivity index (χ1v) is 4.45. The first-order valence-electron chi connectivity index (χ1n) is 4.45. The van der Waals surface area contributed by atoms with Gasteiger partial charge in [-0.05, 0) is 12.3 Å². The predicted octanol–water partition coefficient (Wildman–Crippen LogP) is 2.19. The first-order chi connectivity index (χ1) is 5.16. The van der Waals surface area contributed by atoms with Gasteiger partial charge < -0.3 is 5.73 Å². The lowest BCUT2D eigenvalue weighted by Crippen LogP contribution is -2.13. The lowest BCUT2D eigenvalue weighted by molar-refractivity contribution is 0.662. The van der Waals surface area contributed by atoms with Crippen LogP contribution < -0.4 is 5.73 Å². The highest BCUT2D eigenvalue weighted by atomic mass is 14.8. The topological polar surface area (TPSA) is 38.4 Å². The van der Waals surface area contributed by atoms with Crippen LogP contribution in [0.4, 0.5) is 0 Å². The van der Waals surface area contributed by atoms with Crippen molar-refractivity contribution in [3.8, 4) is 0 Å². The molecule has 2 heteroatoms. The summed E-state index contributed by atoms with van der Waals surface area (Å²) in [5, 5.41) is 0. The summed E-state index contributed by atoms with van der Waals surface area (Å²) in [4.78, 5) is 4.26. The Labute approximate surface area is 69.9 Å². The van der Waals surface area contributed by atoms with Crippen LogP contribution in [-0.4, -0.2) is 12.4 Å². The fourth-order valence-electron chi connectivity index (χ4n) is 0.737. The van der Waals surface area contributed by atoms with E-state index < -0.39 is 0 Å². The van der Waals surface area contributed by atoms with Gasteiger partial charge in [-0.25, -0.2) is 0 Å². The van der Waals surface area contributed by atoms with E-state index in [4.69, 9.17) is 5.73 Å². The molecule has 0 heterocycles. The molecule has 0 fully saturated rings. The van der Waals surface area contributed by atoms with E-state index in [0.717, 1.165) is 25.2 Å². The molecule has 0 aliphatic rings. The van der Waals surface area contributed by atoms with Gasteiger partial charge in [-0.3, -0.25) is 4.99 Å². The predicted molar refractivity (Wildman–Crippen MR) is 50.9 cm³/mol. The van der Waals surface area contributed by atoms with E-state index in [9.17, 15) is 0 Å². The van der Waals surface area contributed by atoms with Crippen LogP contribution in [0.1, 0.15) is 40.0 Å². The molecule has 0 spiro atoms. The number of hydrogen-bond donors (Lipinski definition) is 1. The molecule has 2 nitrogen and oxygen atoms in total. The molecule has 66 valence electrons. The Bertz CT molecular complexity index is 117. The largest absolute Gasteiger partial charge is 0.387 e. The molecule has 2 N–H and O–H groups in total. The zero-order chi connectivity index (χ0) is 8.69. The van der Waals surface area contributed by atoms with Crippen molar-refractivity contribution in [3.05, 3.63) is 0 Å². The Morgan fingerprint density at radius 1 is 1.45 bits per heavy atom. The molecule has 0 aliphatic carbocycles. The van der Waals surface area contributed by atoms with Gasteiger partial charge in [0, 0.05) is 13.0 Å². The zero-order valence-electron chi connectivity index (χ0n) is 7.93. The number of nitrogens with zero attached hydrogens (tertiary/aromatic N) is 1.